The molecule has 0 atom stereocenters. The Morgan fingerprint density at radius 1 is 1.00 bits per heavy atom. The highest BCUT2D eigenvalue weighted by molar-refractivity contribution is 5.89. The first-order valence-corrected chi connectivity index (χ1v) is 9.65. The van der Waals surface area contributed by atoms with Gasteiger partial charge in [0.2, 0.25) is 0 Å². The maximum atomic E-state index is 12.5. The quantitative estimate of drug-likeness (QED) is 0.847. The fraction of sp³-hybridized carbons (Fsp3) is 0.650. The Hall–Kier alpha value is -1.55. The standard InChI is InChI=1S/C20H31N3O/c1-2-17-9-11-18(12-10-17)21-20(24)23-15-13-22(14-16-23)19-7-5-3-4-6-8-19/h9-12,19H,2-8,13-16H2,1H3,(H,21,24). The molecule has 1 saturated heterocycles. The lowest BCUT2D eigenvalue weighted by molar-refractivity contribution is 0.105. The molecular weight excluding hydrogens is 298 g/mol. The number of anilines is 1. The number of aryl methyl sites for hydroxylation is 1. The van der Waals surface area contributed by atoms with Crippen LogP contribution in [0.2, 0.25) is 0 Å². The van der Waals surface area contributed by atoms with Crippen LogP contribution in [0.5, 0.6) is 0 Å². The normalized spacial score (nSPS) is 20.6. The van der Waals surface area contributed by atoms with Crippen molar-refractivity contribution in [3.63, 3.8) is 0 Å². The van der Waals surface area contributed by atoms with Gasteiger partial charge in [0.1, 0.15) is 0 Å². The molecule has 1 aromatic rings. The van der Waals surface area contributed by atoms with Crippen LogP contribution in [0.4, 0.5) is 10.5 Å². The van der Waals surface area contributed by atoms with Crippen molar-refractivity contribution in [3.05, 3.63) is 29.8 Å². The summed E-state index contributed by atoms with van der Waals surface area (Å²) in [6.45, 7) is 5.87. The second-order valence-corrected chi connectivity index (χ2v) is 7.15. The average Bonchev–Trinajstić information content (AvgIpc) is 2.92. The third-order valence-electron chi connectivity index (χ3n) is 5.56. The maximum absolute atomic E-state index is 12.5. The van der Waals surface area contributed by atoms with Gasteiger partial charge < -0.3 is 10.2 Å². The topological polar surface area (TPSA) is 35.6 Å². The van der Waals surface area contributed by atoms with E-state index in [0.29, 0.717) is 0 Å². The Kier molecular flexibility index (Phi) is 6.13. The van der Waals surface area contributed by atoms with E-state index in [1.807, 2.05) is 17.0 Å². The zero-order valence-corrected chi connectivity index (χ0v) is 15.0. The van der Waals surface area contributed by atoms with E-state index in [0.717, 1.165) is 44.3 Å². The van der Waals surface area contributed by atoms with E-state index in [9.17, 15) is 4.79 Å². The number of nitrogens with one attached hydrogen (secondary N) is 1. The Labute approximate surface area is 146 Å². The molecule has 4 heteroatoms. The molecule has 1 N–H and O–H groups in total. The van der Waals surface area contributed by atoms with Gasteiger partial charge in [-0.3, -0.25) is 4.90 Å². The number of nitrogens with zero attached hydrogens (tertiary/aromatic N) is 2. The predicted molar refractivity (Wildman–Crippen MR) is 99.5 cm³/mol. The zero-order valence-electron chi connectivity index (χ0n) is 15.0. The number of urea groups is 1. The van der Waals surface area contributed by atoms with E-state index >= 15 is 0 Å². The minimum atomic E-state index is 0.0414. The fourth-order valence-corrected chi connectivity index (χ4v) is 3.94. The highest BCUT2D eigenvalue weighted by atomic mass is 16.2. The van der Waals surface area contributed by atoms with E-state index < -0.39 is 0 Å². The molecule has 1 aromatic carbocycles. The summed E-state index contributed by atoms with van der Waals surface area (Å²) in [5.41, 5.74) is 2.19. The van der Waals surface area contributed by atoms with Crippen molar-refractivity contribution in [1.82, 2.24) is 9.80 Å². The molecular formula is C20H31N3O. The van der Waals surface area contributed by atoms with Crippen molar-refractivity contribution in [2.75, 3.05) is 31.5 Å². The Balaban J connectivity index is 1.47. The van der Waals surface area contributed by atoms with Crippen molar-refractivity contribution in [2.24, 2.45) is 0 Å². The molecule has 2 fully saturated rings. The van der Waals surface area contributed by atoms with Crippen molar-refractivity contribution < 1.29 is 4.79 Å². The molecule has 4 nitrogen and oxygen atoms in total. The molecule has 1 aliphatic heterocycles. The molecule has 1 heterocycles. The summed E-state index contributed by atoms with van der Waals surface area (Å²) in [5, 5.41) is 3.04. The highest BCUT2D eigenvalue weighted by Crippen LogP contribution is 2.23. The van der Waals surface area contributed by atoms with Gasteiger partial charge in [-0.1, -0.05) is 44.7 Å². The van der Waals surface area contributed by atoms with E-state index in [4.69, 9.17) is 0 Å². The van der Waals surface area contributed by atoms with Crippen LogP contribution in [-0.2, 0) is 6.42 Å². The van der Waals surface area contributed by atoms with Crippen molar-refractivity contribution >= 4 is 11.7 Å². The molecule has 0 spiro atoms. The van der Waals surface area contributed by atoms with E-state index in [1.54, 1.807) is 0 Å². The zero-order chi connectivity index (χ0) is 16.8. The third-order valence-corrected chi connectivity index (χ3v) is 5.56. The van der Waals surface area contributed by atoms with Crippen LogP contribution in [0.3, 0.4) is 0 Å². The summed E-state index contributed by atoms with van der Waals surface area (Å²) in [6, 6.07) is 8.95. The lowest BCUT2D eigenvalue weighted by Crippen LogP contribution is -2.52. The van der Waals surface area contributed by atoms with Gasteiger partial charge in [0.25, 0.3) is 0 Å². The minimum Gasteiger partial charge on any atom is -0.322 e. The molecule has 24 heavy (non-hydrogen) atoms. The third kappa shape index (κ3) is 4.50. The maximum Gasteiger partial charge on any atom is 0.321 e. The van der Waals surface area contributed by atoms with Crippen molar-refractivity contribution in [1.29, 1.82) is 0 Å². The van der Waals surface area contributed by atoms with Gasteiger partial charge in [-0.15, -0.1) is 0 Å². The van der Waals surface area contributed by atoms with E-state index in [-0.39, 0.29) is 6.03 Å². The molecule has 2 aliphatic rings. The molecule has 0 aromatic heterocycles. The van der Waals surface area contributed by atoms with E-state index in [1.165, 1.54) is 44.1 Å². The molecule has 0 radical (unpaired) electrons. The van der Waals surface area contributed by atoms with Gasteiger partial charge in [0.05, 0.1) is 0 Å². The molecule has 3 rings (SSSR count). The second kappa shape index (κ2) is 8.52. The van der Waals surface area contributed by atoms with Gasteiger partial charge in [-0.25, -0.2) is 4.79 Å². The van der Waals surface area contributed by atoms with E-state index in [2.05, 4.69) is 29.3 Å². The average molecular weight is 329 g/mol. The number of carbonyl (C=O) groups is 1. The molecule has 132 valence electrons. The van der Waals surface area contributed by atoms with Crippen LogP contribution < -0.4 is 5.32 Å². The molecule has 0 bridgehead atoms. The molecule has 2 amide bonds. The highest BCUT2D eigenvalue weighted by Gasteiger charge is 2.26. The number of carbonyl (C=O) groups excluding carboxylic acids is 1. The van der Waals surface area contributed by atoms with Crippen LogP contribution in [0.15, 0.2) is 24.3 Å². The fourth-order valence-electron chi connectivity index (χ4n) is 3.94. The largest absolute Gasteiger partial charge is 0.322 e. The van der Waals surface area contributed by atoms with Crippen LogP contribution in [-0.4, -0.2) is 48.1 Å². The Bertz CT molecular complexity index is 512. The summed E-state index contributed by atoms with van der Waals surface area (Å²) in [7, 11) is 0. The molecule has 0 unspecified atom stereocenters. The summed E-state index contributed by atoms with van der Waals surface area (Å²) >= 11 is 0. The molecule has 1 aliphatic carbocycles. The SMILES string of the molecule is CCc1ccc(NC(=O)N2CCN(C3CCCCCC3)CC2)cc1. The Morgan fingerprint density at radius 2 is 1.62 bits per heavy atom. The summed E-state index contributed by atoms with van der Waals surface area (Å²) in [6.07, 6.45) is 9.26. The Morgan fingerprint density at radius 3 is 2.21 bits per heavy atom. The number of hydrogen-bond acceptors (Lipinski definition) is 2. The summed E-state index contributed by atoms with van der Waals surface area (Å²) in [4.78, 5) is 17.0. The smallest absolute Gasteiger partial charge is 0.321 e. The summed E-state index contributed by atoms with van der Waals surface area (Å²) < 4.78 is 0. The first-order chi connectivity index (χ1) is 11.8. The van der Waals surface area contributed by atoms with Crippen LogP contribution in [0.25, 0.3) is 0 Å². The van der Waals surface area contributed by atoms with Gasteiger partial charge in [-0.2, -0.15) is 0 Å². The number of hydrogen-bond donors (Lipinski definition) is 1. The lowest BCUT2D eigenvalue weighted by Gasteiger charge is -2.39. The molecule has 1 saturated carbocycles. The number of benzene rings is 1. The monoisotopic (exact) mass is 329 g/mol. The van der Waals surface area contributed by atoms with Crippen LogP contribution >= 0.6 is 0 Å². The van der Waals surface area contributed by atoms with Crippen LogP contribution in [0.1, 0.15) is 51.0 Å². The van der Waals surface area contributed by atoms with Crippen molar-refractivity contribution in [3.8, 4) is 0 Å². The second-order valence-electron chi connectivity index (χ2n) is 7.15. The van der Waals surface area contributed by atoms with Crippen molar-refractivity contribution in [2.45, 2.75) is 57.9 Å². The first kappa shape index (κ1) is 17.3. The van der Waals surface area contributed by atoms with Gasteiger partial charge in [0, 0.05) is 37.9 Å². The van der Waals surface area contributed by atoms with Gasteiger partial charge in [0.15, 0.2) is 0 Å². The van der Waals surface area contributed by atoms with Gasteiger partial charge in [-0.05, 0) is 37.0 Å². The number of amides is 2. The lowest BCUT2D eigenvalue weighted by atomic mass is 10.1. The minimum absolute atomic E-state index is 0.0414. The van der Waals surface area contributed by atoms with Gasteiger partial charge >= 0.3 is 6.03 Å². The number of piperazine rings is 1. The first-order valence-electron chi connectivity index (χ1n) is 9.65. The predicted octanol–water partition coefficient (Wildman–Crippen LogP) is 4.12. The van der Waals surface area contributed by atoms with Crippen LogP contribution in [0, 0.1) is 0 Å². The number of rotatable bonds is 3. The summed E-state index contributed by atoms with van der Waals surface area (Å²) in [5.74, 6) is 0.